The number of Topliss-reactive ketones (excluding diaryl/α,β-unsaturated/α-hetero) is 1. The molecule has 0 spiro atoms. The number of carbonyl (C=O) groups is 2. The Hall–Kier alpha value is -4.34. The molecule has 10 heteroatoms. The van der Waals surface area contributed by atoms with E-state index in [4.69, 9.17) is 0 Å². The van der Waals surface area contributed by atoms with Crippen LogP contribution in [0.3, 0.4) is 0 Å². The standard InChI is InChI=1S/C32H26F6N2O2/c33-31(34,35)26-15-22(16-27(20-26)32(36,37)38)18-29(41)17-21-5-9-28(10-6-21)39-11-13-40(14-12-39)30(42)25-8-7-23-3-1-2-4-24(23)19-25/h1-10,15-16,19-20H,11-14,17-18H2. The van der Waals surface area contributed by atoms with E-state index in [2.05, 4.69) is 4.90 Å². The molecule has 0 aromatic heterocycles. The van der Waals surface area contributed by atoms with E-state index in [1.807, 2.05) is 59.5 Å². The molecule has 42 heavy (non-hydrogen) atoms. The normalized spacial score (nSPS) is 14.3. The van der Waals surface area contributed by atoms with Gasteiger partial charge in [-0.2, -0.15) is 26.3 Å². The molecule has 1 heterocycles. The number of anilines is 1. The number of nitrogens with zero attached hydrogens (tertiary/aromatic N) is 2. The van der Waals surface area contributed by atoms with Gasteiger partial charge in [0.2, 0.25) is 0 Å². The van der Waals surface area contributed by atoms with Crippen LogP contribution in [-0.2, 0) is 30.0 Å². The highest BCUT2D eigenvalue weighted by molar-refractivity contribution is 5.98. The SMILES string of the molecule is O=C(Cc1ccc(N2CCN(C(=O)c3ccc4ccccc4c3)CC2)cc1)Cc1cc(C(F)(F)F)cc(C(F)(F)F)c1. The molecular weight excluding hydrogens is 558 g/mol. The number of fused-ring (bicyclic) bond motifs is 1. The van der Waals surface area contributed by atoms with Crippen LogP contribution in [0.15, 0.2) is 84.9 Å². The van der Waals surface area contributed by atoms with Crippen LogP contribution in [0.25, 0.3) is 10.8 Å². The summed E-state index contributed by atoms with van der Waals surface area (Å²) in [5.74, 6) is -0.534. The quantitative estimate of drug-likeness (QED) is 0.225. The van der Waals surface area contributed by atoms with Crippen molar-refractivity contribution in [3.63, 3.8) is 0 Å². The number of amides is 1. The Kier molecular flexibility index (Phi) is 7.99. The molecule has 4 aromatic carbocycles. The first-order chi connectivity index (χ1) is 19.9. The molecule has 0 saturated carbocycles. The van der Waals surface area contributed by atoms with Crippen LogP contribution < -0.4 is 4.90 Å². The summed E-state index contributed by atoms with van der Waals surface area (Å²) in [6.45, 7) is 2.27. The zero-order chi connectivity index (χ0) is 30.1. The first-order valence-corrected chi connectivity index (χ1v) is 13.3. The molecule has 1 aliphatic heterocycles. The zero-order valence-electron chi connectivity index (χ0n) is 22.3. The lowest BCUT2D eigenvalue weighted by atomic mass is 9.98. The highest BCUT2D eigenvalue weighted by Gasteiger charge is 2.37. The summed E-state index contributed by atoms with van der Waals surface area (Å²) in [5.41, 5.74) is -1.11. The van der Waals surface area contributed by atoms with Gasteiger partial charge in [-0.25, -0.2) is 0 Å². The van der Waals surface area contributed by atoms with Gasteiger partial charge in [-0.3, -0.25) is 9.59 Å². The zero-order valence-corrected chi connectivity index (χ0v) is 22.3. The monoisotopic (exact) mass is 584 g/mol. The van der Waals surface area contributed by atoms with Gasteiger partial charge in [-0.1, -0.05) is 42.5 Å². The van der Waals surface area contributed by atoms with E-state index in [1.165, 1.54) is 0 Å². The van der Waals surface area contributed by atoms with Gasteiger partial charge in [-0.15, -0.1) is 0 Å². The lowest BCUT2D eigenvalue weighted by Crippen LogP contribution is -2.48. The molecule has 0 aliphatic carbocycles. The summed E-state index contributed by atoms with van der Waals surface area (Å²) >= 11 is 0. The molecule has 218 valence electrons. The Bertz CT molecular complexity index is 1570. The number of alkyl halides is 6. The molecule has 4 aromatic rings. The van der Waals surface area contributed by atoms with Crippen molar-refractivity contribution < 1.29 is 35.9 Å². The first-order valence-electron chi connectivity index (χ1n) is 13.3. The summed E-state index contributed by atoms with van der Waals surface area (Å²) in [6.07, 6.45) is -10.6. The predicted octanol–water partition coefficient (Wildman–Crippen LogP) is 7.19. The van der Waals surface area contributed by atoms with Crippen LogP contribution >= 0.6 is 0 Å². The van der Waals surface area contributed by atoms with Crippen molar-refractivity contribution in [3.8, 4) is 0 Å². The molecule has 1 saturated heterocycles. The smallest absolute Gasteiger partial charge is 0.368 e. The van der Waals surface area contributed by atoms with Crippen LogP contribution in [-0.4, -0.2) is 42.8 Å². The van der Waals surface area contributed by atoms with Crippen molar-refractivity contribution in [2.75, 3.05) is 31.1 Å². The van der Waals surface area contributed by atoms with Crippen LogP contribution in [0.4, 0.5) is 32.0 Å². The van der Waals surface area contributed by atoms with Gasteiger partial charge in [0.05, 0.1) is 11.1 Å². The third kappa shape index (κ3) is 6.75. The fourth-order valence-electron chi connectivity index (χ4n) is 5.14. The lowest BCUT2D eigenvalue weighted by molar-refractivity contribution is -0.143. The maximum absolute atomic E-state index is 13.1. The fraction of sp³-hybridized carbons (Fsp3) is 0.250. The Morgan fingerprint density at radius 1 is 0.619 bits per heavy atom. The second kappa shape index (κ2) is 11.5. The average Bonchev–Trinajstić information content (AvgIpc) is 2.96. The third-order valence-electron chi connectivity index (χ3n) is 7.31. The van der Waals surface area contributed by atoms with E-state index in [9.17, 15) is 35.9 Å². The number of rotatable bonds is 6. The topological polar surface area (TPSA) is 40.6 Å². The number of hydrogen-bond acceptors (Lipinski definition) is 3. The van der Waals surface area contributed by atoms with E-state index in [1.54, 1.807) is 12.1 Å². The Labute approximate surface area is 238 Å². The lowest BCUT2D eigenvalue weighted by Gasteiger charge is -2.36. The molecule has 0 radical (unpaired) electrons. The van der Waals surface area contributed by atoms with Crippen molar-refractivity contribution in [1.29, 1.82) is 0 Å². The number of benzene rings is 4. The van der Waals surface area contributed by atoms with Crippen LogP contribution in [0.2, 0.25) is 0 Å². The summed E-state index contributed by atoms with van der Waals surface area (Å²) < 4.78 is 78.8. The van der Waals surface area contributed by atoms with Crippen molar-refractivity contribution in [2.24, 2.45) is 0 Å². The van der Waals surface area contributed by atoms with Crippen molar-refractivity contribution in [1.82, 2.24) is 4.90 Å². The van der Waals surface area contributed by atoms with Crippen molar-refractivity contribution in [3.05, 3.63) is 113 Å². The molecule has 0 N–H and O–H groups in total. The second-order valence-electron chi connectivity index (χ2n) is 10.3. The van der Waals surface area contributed by atoms with Crippen LogP contribution in [0.1, 0.15) is 32.6 Å². The van der Waals surface area contributed by atoms with Gasteiger partial charge in [0.15, 0.2) is 0 Å². The molecule has 1 fully saturated rings. The Morgan fingerprint density at radius 3 is 1.79 bits per heavy atom. The molecule has 0 bridgehead atoms. The van der Waals surface area contributed by atoms with E-state index < -0.39 is 35.7 Å². The average molecular weight is 585 g/mol. The molecular formula is C32H26F6N2O2. The minimum Gasteiger partial charge on any atom is -0.368 e. The number of ketones is 1. The van der Waals surface area contributed by atoms with Gasteiger partial charge in [0, 0.05) is 50.3 Å². The number of carbonyl (C=O) groups excluding carboxylic acids is 2. The van der Waals surface area contributed by atoms with Gasteiger partial charge in [0.1, 0.15) is 5.78 Å². The minimum atomic E-state index is -4.97. The second-order valence-corrected chi connectivity index (χ2v) is 10.3. The summed E-state index contributed by atoms with van der Waals surface area (Å²) in [4.78, 5) is 29.6. The number of piperazine rings is 1. The summed E-state index contributed by atoms with van der Waals surface area (Å²) in [6, 6.07) is 21.8. The van der Waals surface area contributed by atoms with Gasteiger partial charge >= 0.3 is 12.4 Å². The fourth-order valence-corrected chi connectivity index (χ4v) is 5.14. The minimum absolute atomic E-state index is 0.0302. The third-order valence-corrected chi connectivity index (χ3v) is 7.31. The van der Waals surface area contributed by atoms with Crippen molar-refractivity contribution in [2.45, 2.75) is 25.2 Å². The van der Waals surface area contributed by atoms with Gasteiger partial charge < -0.3 is 9.80 Å². The number of hydrogen-bond donors (Lipinski definition) is 0. The van der Waals surface area contributed by atoms with Crippen LogP contribution in [0, 0.1) is 0 Å². The highest BCUT2D eigenvalue weighted by Crippen LogP contribution is 2.36. The molecule has 1 aliphatic rings. The predicted molar refractivity (Wildman–Crippen MR) is 147 cm³/mol. The molecule has 5 rings (SSSR count). The molecule has 4 nitrogen and oxygen atoms in total. The maximum Gasteiger partial charge on any atom is 0.416 e. The van der Waals surface area contributed by atoms with Gasteiger partial charge in [0.25, 0.3) is 5.91 Å². The summed E-state index contributed by atoms with van der Waals surface area (Å²) in [7, 11) is 0. The first kappa shape index (κ1) is 29.2. The highest BCUT2D eigenvalue weighted by atomic mass is 19.4. The van der Waals surface area contributed by atoms with Crippen molar-refractivity contribution >= 4 is 28.2 Å². The van der Waals surface area contributed by atoms with Gasteiger partial charge in [-0.05, 0) is 64.4 Å². The Balaban J connectivity index is 1.18. The summed E-state index contributed by atoms with van der Waals surface area (Å²) in [5, 5.41) is 2.07. The van der Waals surface area contributed by atoms with Crippen LogP contribution in [0.5, 0.6) is 0 Å². The van der Waals surface area contributed by atoms with E-state index in [0.717, 1.165) is 16.5 Å². The van der Waals surface area contributed by atoms with E-state index in [-0.39, 0.29) is 24.0 Å². The Morgan fingerprint density at radius 2 is 1.19 bits per heavy atom. The number of halogens is 6. The maximum atomic E-state index is 13.1. The van der Waals surface area contributed by atoms with E-state index in [0.29, 0.717) is 49.4 Å². The molecule has 0 unspecified atom stereocenters. The molecule has 0 atom stereocenters. The largest absolute Gasteiger partial charge is 0.416 e. The van der Waals surface area contributed by atoms with E-state index >= 15 is 0 Å². The molecule has 1 amide bonds.